The third-order valence-corrected chi connectivity index (χ3v) is 8.32. The molecule has 1 atom stereocenters. The number of ether oxygens (including phenoxy) is 2. The summed E-state index contributed by atoms with van der Waals surface area (Å²) in [6.07, 6.45) is 2.73. The number of methoxy groups -OCH3 is 2. The first kappa shape index (κ1) is 26.0. The molecule has 1 amide bonds. The maximum atomic E-state index is 13.3. The minimum Gasteiger partial charge on any atom is -0.496 e. The highest BCUT2D eigenvalue weighted by Gasteiger charge is 2.28. The zero-order valence-electron chi connectivity index (χ0n) is 21.0. The summed E-state index contributed by atoms with van der Waals surface area (Å²) in [5, 5.41) is 3.02. The lowest BCUT2D eigenvalue weighted by molar-refractivity contribution is 0.0936. The van der Waals surface area contributed by atoms with E-state index in [1.165, 1.54) is 23.5 Å². The summed E-state index contributed by atoms with van der Waals surface area (Å²) in [5.41, 5.74) is 3.25. The molecular weight excluding hydrogens is 452 g/mol. The molecule has 0 aromatic heterocycles. The van der Waals surface area contributed by atoms with Crippen LogP contribution in [0.3, 0.4) is 0 Å². The molecular formula is C26H36N2O5S. The predicted octanol–water partition coefficient (Wildman–Crippen LogP) is 4.80. The fraction of sp³-hybridized carbons (Fsp3) is 0.500. The number of hydrogen-bond acceptors (Lipinski definition) is 5. The molecule has 1 aliphatic heterocycles. The zero-order chi connectivity index (χ0) is 25.0. The number of hydrogen-bond donors (Lipinski definition) is 1. The molecule has 1 unspecified atom stereocenters. The summed E-state index contributed by atoms with van der Waals surface area (Å²) in [5.74, 6) is 1.03. The number of benzene rings is 2. The van der Waals surface area contributed by atoms with Gasteiger partial charge in [-0.1, -0.05) is 20.3 Å². The molecule has 0 saturated carbocycles. The summed E-state index contributed by atoms with van der Waals surface area (Å²) in [4.78, 5) is 13.4. The quantitative estimate of drug-likeness (QED) is 0.577. The van der Waals surface area contributed by atoms with E-state index < -0.39 is 10.0 Å². The van der Waals surface area contributed by atoms with E-state index in [1.54, 1.807) is 13.2 Å². The molecule has 1 fully saturated rings. The van der Waals surface area contributed by atoms with Gasteiger partial charge in [-0.25, -0.2) is 8.42 Å². The average Bonchev–Trinajstić information content (AvgIpc) is 2.83. The maximum absolute atomic E-state index is 13.3. The van der Waals surface area contributed by atoms with Gasteiger partial charge in [-0.05, 0) is 79.6 Å². The molecule has 0 bridgehead atoms. The Hall–Kier alpha value is -2.58. The van der Waals surface area contributed by atoms with E-state index in [0.29, 0.717) is 18.8 Å². The van der Waals surface area contributed by atoms with Gasteiger partial charge in [0.05, 0.1) is 30.7 Å². The Labute approximate surface area is 203 Å². The number of carbonyl (C=O) groups is 1. The van der Waals surface area contributed by atoms with Gasteiger partial charge in [0, 0.05) is 13.1 Å². The third kappa shape index (κ3) is 5.39. The Balaban J connectivity index is 1.91. The molecule has 186 valence electrons. The number of amides is 1. The van der Waals surface area contributed by atoms with Crippen LogP contribution in [-0.4, -0.2) is 45.9 Å². The molecule has 0 aliphatic carbocycles. The van der Waals surface area contributed by atoms with E-state index in [4.69, 9.17) is 9.47 Å². The van der Waals surface area contributed by atoms with Crippen molar-refractivity contribution in [2.75, 3.05) is 27.3 Å². The SMILES string of the molecule is COc1ccc(S(=O)(=O)N2CCCCC2)cc1C(=O)NC(C)c1cc(C(C)C)c(OC)cc1C. The first-order valence-electron chi connectivity index (χ1n) is 11.8. The summed E-state index contributed by atoms with van der Waals surface area (Å²) in [6, 6.07) is 8.23. The largest absolute Gasteiger partial charge is 0.496 e. The molecule has 2 aromatic rings. The highest BCUT2D eigenvalue weighted by Crippen LogP contribution is 2.33. The van der Waals surface area contributed by atoms with Crippen molar-refractivity contribution < 1.29 is 22.7 Å². The Kier molecular flexibility index (Phi) is 8.25. The van der Waals surface area contributed by atoms with Crippen LogP contribution in [0.4, 0.5) is 0 Å². The van der Waals surface area contributed by atoms with Gasteiger partial charge in [0.15, 0.2) is 0 Å². The standard InChI is InChI=1S/C26H36N2O5S/c1-17(2)21-16-22(18(3)14-25(21)33-6)19(4)27-26(29)23-15-20(10-11-24(23)32-5)34(30,31)28-12-8-7-9-13-28/h10-11,14-17,19H,7-9,12-13H2,1-6H3,(H,27,29). The van der Waals surface area contributed by atoms with Crippen LogP contribution in [-0.2, 0) is 10.0 Å². The zero-order valence-corrected chi connectivity index (χ0v) is 21.8. The number of sulfonamides is 1. The predicted molar refractivity (Wildman–Crippen MR) is 133 cm³/mol. The molecule has 8 heteroatoms. The van der Waals surface area contributed by atoms with E-state index in [0.717, 1.165) is 41.7 Å². The van der Waals surface area contributed by atoms with Crippen LogP contribution in [0.25, 0.3) is 0 Å². The van der Waals surface area contributed by atoms with Crippen LogP contribution in [0.1, 0.15) is 79.0 Å². The summed E-state index contributed by atoms with van der Waals surface area (Å²) < 4.78 is 38.7. The molecule has 1 N–H and O–H groups in total. The minimum absolute atomic E-state index is 0.107. The maximum Gasteiger partial charge on any atom is 0.255 e. The smallest absolute Gasteiger partial charge is 0.255 e. The summed E-state index contributed by atoms with van der Waals surface area (Å²) >= 11 is 0. The summed E-state index contributed by atoms with van der Waals surface area (Å²) in [7, 11) is -0.545. The number of nitrogens with zero attached hydrogens (tertiary/aromatic N) is 1. The van der Waals surface area contributed by atoms with Crippen molar-refractivity contribution in [1.29, 1.82) is 0 Å². The van der Waals surface area contributed by atoms with Gasteiger partial charge < -0.3 is 14.8 Å². The third-order valence-electron chi connectivity index (χ3n) is 6.42. The number of carbonyl (C=O) groups excluding carboxylic acids is 1. The molecule has 2 aromatic carbocycles. The van der Waals surface area contributed by atoms with Crippen LogP contribution < -0.4 is 14.8 Å². The van der Waals surface area contributed by atoms with Crippen molar-refractivity contribution >= 4 is 15.9 Å². The lowest BCUT2D eigenvalue weighted by atomic mass is 9.93. The average molecular weight is 489 g/mol. The second-order valence-electron chi connectivity index (χ2n) is 9.13. The van der Waals surface area contributed by atoms with E-state index in [2.05, 4.69) is 25.2 Å². The topological polar surface area (TPSA) is 84.9 Å². The molecule has 1 saturated heterocycles. The molecule has 1 aliphatic rings. The van der Waals surface area contributed by atoms with Crippen molar-refractivity contribution in [3.63, 3.8) is 0 Å². The number of nitrogens with one attached hydrogen (secondary N) is 1. The van der Waals surface area contributed by atoms with Crippen LogP contribution in [0.2, 0.25) is 0 Å². The van der Waals surface area contributed by atoms with Crippen LogP contribution >= 0.6 is 0 Å². The van der Waals surface area contributed by atoms with Gasteiger partial charge in [-0.2, -0.15) is 4.31 Å². The molecule has 0 spiro atoms. The lowest BCUT2D eigenvalue weighted by Gasteiger charge is -2.26. The van der Waals surface area contributed by atoms with Gasteiger partial charge in [0.1, 0.15) is 11.5 Å². The number of aryl methyl sites for hydroxylation is 1. The van der Waals surface area contributed by atoms with Crippen LogP contribution in [0.5, 0.6) is 11.5 Å². The Bertz CT molecular complexity index is 1140. The lowest BCUT2D eigenvalue weighted by Crippen LogP contribution is -2.35. The first-order chi connectivity index (χ1) is 16.1. The molecule has 34 heavy (non-hydrogen) atoms. The van der Waals surface area contributed by atoms with Gasteiger partial charge in [-0.3, -0.25) is 4.79 Å². The van der Waals surface area contributed by atoms with Gasteiger partial charge in [0.25, 0.3) is 5.91 Å². The fourth-order valence-corrected chi connectivity index (χ4v) is 5.99. The normalized spacial score (nSPS) is 15.7. The van der Waals surface area contributed by atoms with Gasteiger partial charge in [-0.15, -0.1) is 0 Å². The van der Waals surface area contributed by atoms with E-state index in [-0.39, 0.29) is 28.3 Å². The number of rotatable bonds is 8. The highest BCUT2D eigenvalue weighted by molar-refractivity contribution is 7.89. The second-order valence-corrected chi connectivity index (χ2v) is 11.1. The monoisotopic (exact) mass is 488 g/mol. The Morgan fingerprint density at radius 3 is 2.18 bits per heavy atom. The Morgan fingerprint density at radius 1 is 0.941 bits per heavy atom. The van der Waals surface area contributed by atoms with E-state index in [9.17, 15) is 13.2 Å². The Morgan fingerprint density at radius 2 is 1.59 bits per heavy atom. The molecule has 3 rings (SSSR count). The molecule has 0 radical (unpaired) electrons. The number of piperidine rings is 1. The molecule has 1 heterocycles. The van der Waals surface area contributed by atoms with Crippen molar-refractivity contribution in [3.8, 4) is 11.5 Å². The molecule has 7 nitrogen and oxygen atoms in total. The van der Waals surface area contributed by atoms with Crippen LogP contribution in [0, 0.1) is 6.92 Å². The highest BCUT2D eigenvalue weighted by atomic mass is 32.2. The van der Waals surface area contributed by atoms with Crippen molar-refractivity contribution in [2.24, 2.45) is 0 Å². The van der Waals surface area contributed by atoms with Crippen molar-refractivity contribution in [3.05, 3.63) is 52.6 Å². The minimum atomic E-state index is -3.67. The van der Waals surface area contributed by atoms with Crippen molar-refractivity contribution in [2.45, 2.75) is 63.8 Å². The fourth-order valence-electron chi connectivity index (χ4n) is 4.44. The second kappa shape index (κ2) is 10.8. The van der Waals surface area contributed by atoms with Crippen LogP contribution in [0.15, 0.2) is 35.2 Å². The van der Waals surface area contributed by atoms with E-state index >= 15 is 0 Å². The van der Waals surface area contributed by atoms with Gasteiger partial charge in [0.2, 0.25) is 10.0 Å². The first-order valence-corrected chi connectivity index (χ1v) is 13.2. The van der Waals surface area contributed by atoms with E-state index in [1.807, 2.05) is 19.9 Å². The summed E-state index contributed by atoms with van der Waals surface area (Å²) in [6.45, 7) is 9.09. The van der Waals surface area contributed by atoms with Gasteiger partial charge >= 0.3 is 0 Å². The van der Waals surface area contributed by atoms with Crippen molar-refractivity contribution in [1.82, 2.24) is 9.62 Å².